The second-order valence-electron chi connectivity index (χ2n) is 5.38. The predicted molar refractivity (Wildman–Crippen MR) is 78.2 cm³/mol. The molecule has 2 N–H and O–H groups in total. The molecule has 0 spiro atoms. The first-order valence-electron chi connectivity index (χ1n) is 6.77. The van der Waals surface area contributed by atoms with Crippen LogP contribution in [0.1, 0.15) is 31.4 Å². The maximum absolute atomic E-state index is 12.2. The zero-order chi connectivity index (χ0) is 15.5. The van der Waals surface area contributed by atoms with Gasteiger partial charge in [0.2, 0.25) is 0 Å². The number of hydrogen-bond acceptors (Lipinski definition) is 3. The number of carbonyl (C=O) groups is 2. The highest BCUT2D eigenvalue weighted by Crippen LogP contribution is 2.20. The van der Waals surface area contributed by atoms with Gasteiger partial charge in [-0.3, -0.25) is 9.69 Å². The van der Waals surface area contributed by atoms with Crippen molar-refractivity contribution in [3.8, 4) is 11.8 Å². The summed E-state index contributed by atoms with van der Waals surface area (Å²) in [5.74, 6) is 5.57. The largest absolute Gasteiger partial charge is 0.395 e. The zero-order valence-electron chi connectivity index (χ0n) is 12.1. The van der Waals surface area contributed by atoms with Crippen LogP contribution in [0.25, 0.3) is 0 Å². The number of aliphatic hydroxyl groups is 1. The van der Waals surface area contributed by atoms with E-state index in [9.17, 15) is 9.59 Å². The van der Waals surface area contributed by atoms with Gasteiger partial charge >= 0.3 is 6.03 Å². The molecule has 0 saturated carbocycles. The van der Waals surface area contributed by atoms with Crippen molar-refractivity contribution in [2.45, 2.75) is 32.4 Å². The van der Waals surface area contributed by atoms with Crippen molar-refractivity contribution >= 4 is 11.9 Å². The first kappa shape index (κ1) is 15.1. The maximum Gasteiger partial charge on any atom is 0.325 e. The summed E-state index contributed by atoms with van der Waals surface area (Å²) < 4.78 is 0. The molecule has 5 heteroatoms. The Morgan fingerprint density at radius 2 is 2.00 bits per heavy atom. The van der Waals surface area contributed by atoms with Crippen LogP contribution >= 0.6 is 0 Å². The summed E-state index contributed by atoms with van der Waals surface area (Å²) in [5, 5.41) is 11.4. The van der Waals surface area contributed by atoms with Gasteiger partial charge < -0.3 is 10.4 Å². The predicted octanol–water partition coefficient (Wildman–Crippen LogP) is 1.25. The lowest BCUT2D eigenvalue weighted by molar-refractivity contribution is -0.130. The summed E-state index contributed by atoms with van der Waals surface area (Å²) in [6.07, 6.45) is 0.393. The van der Waals surface area contributed by atoms with Gasteiger partial charge in [0.1, 0.15) is 5.54 Å². The molecular weight excluding hydrogens is 268 g/mol. The highest BCUT2D eigenvalue weighted by Gasteiger charge is 2.44. The van der Waals surface area contributed by atoms with Crippen LogP contribution in [0.5, 0.6) is 0 Å². The second kappa shape index (κ2) is 5.98. The van der Waals surface area contributed by atoms with Crippen molar-refractivity contribution in [1.29, 1.82) is 0 Å². The van der Waals surface area contributed by atoms with E-state index in [-0.39, 0.29) is 25.1 Å². The molecule has 0 radical (unpaired) electrons. The molecule has 3 amide bonds. The monoisotopic (exact) mass is 286 g/mol. The van der Waals surface area contributed by atoms with Crippen LogP contribution in [0, 0.1) is 11.8 Å². The van der Waals surface area contributed by atoms with E-state index in [2.05, 4.69) is 17.2 Å². The molecule has 1 aliphatic heterocycles. The summed E-state index contributed by atoms with van der Waals surface area (Å²) in [6, 6.07) is 6.99. The van der Waals surface area contributed by atoms with Gasteiger partial charge in [0.25, 0.3) is 5.91 Å². The number of rotatable bonds is 3. The molecule has 1 fully saturated rings. The average Bonchev–Trinajstić information content (AvgIpc) is 2.63. The molecule has 0 aromatic heterocycles. The highest BCUT2D eigenvalue weighted by atomic mass is 16.3. The first-order chi connectivity index (χ1) is 9.95. The summed E-state index contributed by atoms with van der Waals surface area (Å²) in [6.45, 7) is 3.56. The minimum Gasteiger partial charge on any atom is -0.395 e. The minimum atomic E-state index is -0.866. The summed E-state index contributed by atoms with van der Waals surface area (Å²) >= 11 is 0. The van der Waals surface area contributed by atoms with Crippen molar-refractivity contribution in [3.63, 3.8) is 0 Å². The van der Waals surface area contributed by atoms with Crippen molar-refractivity contribution < 1.29 is 14.7 Å². The van der Waals surface area contributed by atoms with Gasteiger partial charge in [-0.1, -0.05) is 30.0 Å². The molecule has 21 heavy (non-hydrogen) atoms. The first-order valence-corrected chi connectivity index (χ1v) is 6.77. The Hall–Kier alpha value is -2.32. The fourth-order valence-electron chi connectivity index (χ4n) is 2.13. The Kier molecular flexibility index (Phi) is 4.29. The summed E-state index contributed by atoms with van der Waals surface area (Å²) in [4.78, 5) is 25.3. The summed E-state index contributed by atoms with van der Waals surface area (Å²) in [5.41, 5.74) is 0.703. The Morgan fingerprint density at radius 1 is 1.29 bits per heavy atom. The number of benzene rings is 1. The van der Waals surface area contributed by atoms with Gasteiger partial charge in [-0.05, 0) is 25.5 Å². The molecule has 1 heterocycles. The molecule has 0 bridgehead atoms. The van der Waals surface area contributed by atoms with Crippen LogP contribution in [0.2, 0.25) is 0 Å². The van der Waals surface area contributed by atoms with Gasteiger partial charge in [0.15, 0.2) is 0 Å². The van der Waals surface area contributed by atoms with Gasteiger partial charge in [-0.2, -0.15) is 0 Å². The SMILES string of the molecule is CC1(C)NC(=O)N(Cc2ccccc2C#CCCO)C1=O. The molecule has 1 aromatic rings. The highest BCUT2D eigenvalue weighted by molar-refractivity contribution is 6.06. The molecule has 0 aliphatic carbocycles. The number of imide groups is 1. The van der Waals surface area contributed by atoms with Crippen LogP contribution in [-0.4, -0.2) is 34.1 Å². The second-order valence-corrected chi connectivity index (χ2v) is 5.38. The molecule has 5 nitrogen and oxygen atoms in total. The average molecular weight is 286 g/mol. The van der Waals surface area contributed by atoms with Crippen LogP contribution < -0.4 is 5.32 Å². The molecule has 0 unspecified atom stereocenters. The van der Waals surface area contributed by atoms with E-state index < -0.39 is 5.54 Å². The Morgan fingerprint density at radius 3 is 2.62 bits per heavy atom. The number of nitrogens with zero attached hydrogens (tertiary/aromatic N) is 1. The fourth-order valence-corrected chi connectivity index (χ4v) is 2.13. The molecule has 1 aliphatic rings. The lowest BCUT2D eigenvalue weighted by atomic mass is 10.0. The van der Waals surface area contributed by atoms with Crippen molar-refractivity contribution in [2.24, 2.45) is 0 Å². The third kappa shape index (κ3) is 3.23. The third-order valence-corrected chi connectivity index (χ3v) is 3.25. The van der Waals surface area contributed by atoms with E-state index in [1.807, 2.05) is 24.3 Å². The van der Waals surface area contributed by atoms with Crippen LogP contribution in [-0.2, 0) is 11.3 Å². The van der Waals surface area contributed by atoms with E-state index in [4.69, 9.17) is 5.11 Å². The minimum absolute atomic E-state index is 0.0103. The molecular formula is C16H18N2O3. The molecule has 110 valence electrons. The van der Waals surface area contributed by atoms with Gasteiger partial charge in [-0.25, -0.2) is 4.79 Å². The van der Waals surface area contributed by atoms with Gasteiger partial charge in [0.05, 0.1) is 13.2 Å². The lowest BCUT2D eigenvalue weighted by Gasteiger charge is -2.16. The maximum atomic E-state index is 12.2. The van der Waals surface area contributed by atoms with Crippen molar-refractivity contribution in [1.82, 2.24) is 10.2 Å². The number of hydrogen-bond donors (Lipinski definition) is 2. The quantitative estimate of drug-likeness (QED) is 0.649. The third-order valence-electron chi connectivity index (χ3n) is 3.25. The lowest BCUT2D eigenvalue weighted by Crippen LogP contribution is -2.40. The van der Waals surface area contributed by atoms with Gasteiger partial charge in [0, 0.05) is 12.0 Å². The zero-order valence-corrected chi connectivity index (χ0v) is 12.1. The van der Waals surface area contributed by atoms with Crippen LogP contribution in [0.3, 0.4) is 0 Å². The van der Waals surface area contributed by atoms with Gasteiger partial charge in [-0.15, -0.1) is 0 Å². The summed E-state index contributed by atoms with van der Waals surface area (Å²) in [7, 11) is 0. The van der Waals surface area contributed by atoms with Crippen molar-refractivity contribution in [2.75, 3.05) is 6.61 Å². The van der Waals surface area contributed by atoms with Crippen LogP contribution in [0.15, 0.2) is 24.3 Å². The number of carbonyl (C=O) groups excluding carboxylic acids is 2. The van der Waals surface area contributed by atoms with E-state index >= 15 is 0 Å². The molecule has 2 rings (SSSR count). The molecule has 0 atom stereocenters. The number of nitrogens with one attached hydrogen (secondary N) is 1. The standard InChI is InChI=1S/C16H18N2O3/c1-16(2)14(20)18(15(21)17-16)11-13-9-4-3-7-12(13)8-5-6-10-19/h3-4,7,9,19H,6,10-11H2,1-2H3,(H,17,21). The Labute approximate surface area is 124 Å². The van der Waals surface area contributed by atoms with Crippen LogP contribution in [0.4, 0.5) is 4.79 Å². The molecule has 1 saturated heterocycles. The van der Waals surface area contributed by atoms with E-state index in [0.29, 0.717) is 6.42 Å². The Bertz CT molecular complexity index is 626. The Balaban J connectivity index is 2.23. The van der Waals surface area contributed by atoms with E-state index in [0.717, 1.165) is 11.1 Å². The fraction of sp³-hybridized carbons (Fsp3) is 0.375. The number of aliphatic hydroxyl groups excluding tert-OH is 1. The topological polar surface area (TPSA) is 69.6 Å². The number of amides is 3. The smallest absolute Gasteiger partial charge is 0.325 e. The van der Waals surface area contributed by atoms with E-state index in [1.165, 1.54) is 4.90 Å². The molecule has 1 aromatic carbocycles. The van der Waals surface area contributed by atoms with E-state index in [1.54, 1.807) is 13.8 Å². The van der Waals surface area contributed by atoms with Crippen molar-refractivity contribution in [3.05, 3.63) is 35.4 Å². The number of urea groups is 1. The normalized spacial score (nSPS) is 16.4.